The summed E-state index contributed by atoms with van der Waals surface area (Å²) < 4.78 is 34.6. The number of nitrogens with zero attached hydrogens (tertiary/aromatic N) is 2. The largest absolute Gasteiger partial charge is 0.471 e. The molecule has 0 N–H and O–H groups in total. The summed E-state index contributed by atoms with van der Waals surface area (Å²) >= 11 is 1.58. The highest BCUT2D eigenvalue weighted by Gasteiger charge is 2.23. The van der Waals surface area contributed by atoms with E-state index in [-0.39, 0.29) is 10.8 Å². The van der Waals surface area contributed by atoms with E-state index in [2.05, 4.69) is 5.10 Å². The number of fused-ring (bicyclic) bond motifs is 1. The van der Waals surface area contributed by atoms with Crippen LogP contribution in [0.1, 0.15) is 11.1 Å². The smallest absolute Gasteiger partial charge is 0.283 e. The molecule has 0 aliphatic rings. The van der Waals surface area contributed by atoms with E-state index in [9.17, 15) is 8.42 Å². The van der Waals surface area contributed by atoms with Gasteiger partial charge in [-0.1, -0.05) is 66.2 Å². The first-order valence-electron chi connectivity index (χ1n) is 10.1. The fourth-order valence-electron chi connectivity index (χ4n) is 3.40. The second-order valence-electron chi connectivity index (χ2n) is 7.46. The number of hydrogen-bond donors (Lipinski definition) is 0. The minimum absolute atomic E-state index is 0.183. The third kappa shape index (κ3) is 3.92. The number of benzene rings is 3. The van der Waals surface area contributed by atoms with Crippen LogP contribution >= 0.6 is 11.3 Å². The van der Waals surface area contributed by atoms with E-state index >= 15 is 0 Å². The number of aromatic nitrogens is 2. The number of thiophene rings is 1. The average molecular weight is 461 g/mol. The van der Waals surface area contributed by atoms with Gasteiger partial charge in [0, 0.05) is 9.58 Å². The molecule has 3 aromatic carbocycles. The van der Waals surface area contributed by atoms with E-state index < -0.39 is 10.0 Å². The Bertz CT molecular complexity index is 1450. The summed E-state index contributed by atoms with van der Waals surface area (Å²) in [4.78, 5) is 1.09. The molecular weight excluding hydrogens is 440 g/mol. The minimum atomic E-state index is -3.85. The van der Waals surface area contributed by atoms with Crippen LogP contribution in [0.4, 0.5) is 0 Å². The first-order valence-corrected chi connectivity index (χ1v) is 12.3. The van der Waals surface area contributed by atoms with Crippen molar-refractivity contribution in [2.75, 3.05) is 0 Å². The Morgan fingerprint density at radius 3 is 2.41 bits per heavy atom. The highest BCUT2D eigenvalue weighted by Crippen LogP contribution is 2.38. The zero-order valence-electron chi connectivity index (χ0n) is 17.3. The lowest BCUT2D eigenvalue weighted by Gasteiger charge is -2.05. The Kier molecular flexibility index (Phi) is 5.28. The van der Waals surface area contributed by atoms with E-state index in [0.717, 1.165) is 30.2 Å². The SMILES string of the molecule is Cc1ccc(S(=O)(=O)n2cc(-c3cc4ccccc4s3)c(OCc3ccccc3)n2)cc1. The van der Waals surface area contributed by atoms with Crippen molar-refractivity contribution in [2.45, 2.75) is 18.4 Å². The number of ether oxygens (including phenoxy) is 1. The fraction of sp³-hybridized carbons (Fsp3) is 0.0800. The van der Waals surface area contributed by atoms with Gasteiger partial charge >= 0.3 is 0 Å². The maximum atomic E-state index is 13.2. The monoisotopic (exact) mass is 460 g/mol. The molecule has 0 saturated heterocycles. The van der Waals surface area contributed by atoms with Gasteiger partial charge in [0.1, 0.15) is 6.61 Å². The zero-order chi connectivity index (χ0) is 22.1. The molecule has 0 saturated carbocycles. The van der Waals surface area contributed by atoms with Gasteiger partial charge in [-0.05, 0) is 42.1 Å². The number of aryl methyl sites for hydroxylation is 1. The Labute approximate surface area is 190 Å². The average Bonchev–Trinajstić information content (AvgIpc) is 3.43. The van der Waals surface area contributed by atoms with Crippen molar-refractivity contribution < 1.29 is 13.2 Å². The molecule has 160 valence electrons. The standard InChI is InChI=1S/C25H20N2O3S2/c1-18-11-13-21(14-12-18)32(28,29)27-16-22(24-15-20-9-5-6-10-23(20)31-24)25(26-27)30-17-19-7-3-2-4-8-19/h2-16H,17H2,1H3. The maximum absolute atomic E-state index is 13.2. The molecule has 7 heteroatoms. The van der Waals surface area contributed by atoms with Crippen molar-refractivity contribution in [3.63, 3.8) is 0 Å². The lowest BCUT2D eigenvalue weighted by molar-refractivity contribution is 0.293. The van der Waals surface area contributed by atoms with Gasteiger partial charge in [-0.25, -0.2) is 0 Å². The quantitative estimate of drug-likeness (QED) is 0.317. The van der Waals surface area contributed by atoms with Crippen LogP contribution in [-0.4, -0.2) is 17.6 Å². The second-order valence-corrected chi connectivity index (χ2v) is 10.3. The Balaban J connectivity index is 1.58. The molecular formula is C25H20N2O3S2. The molecule has 0 aliphatic carbocycles. The summed E-state index contributed by atoms with van der Waals surface area (Å²) in [7, 11) is -3.85. The predicted molar refractivity (Wildman–Crippen MR) is 128 cm³/mol. The molecule has 2 heterocycles. The van der Waals surface area contributed by atoms with E-state index in [1.165, 1.54) is 0 Å². The second kappa shape index (κ2) is 8.26. The topological polar surface area (TPSA) is 61.2 Å². The van der Waals surface area contributed by atoms with Crippen molar-refractivity contribution in [1.29, 1.82) is 0 Å². The van der Waals surface area contributed by atoms with Crippen LogP contribution in [0, 0.1) is 6.92 Å². The summed E-state index contributed by atoms with van der Waals surface area (Å²) in [5, 5.41) is 5.45. The summed E-state index contributed by atoms with van der Waals surface area (Å²) in [6.45, 7) is 2.21. The first kappa shape index (κ1) is 20.5. The van der Waals surface area contributed by atoms with E-state index in [1.807, 2.05) is 67.6 Å². The van der Waals surface area contributed by atoms with E-state index in [1.54, 1.807) is 41.8 Å². The molecule has 5 aromatic rings. The molecule has 32 heavy (non-hydrogen) atoms. The molecule has 5 rings (SSSR count). The van der Waals surface area contributed by atoms with Crippen LogP contribution in [0.25, 0.3) is 20.5 Å². The van der Waals surface area contributed by atoms with Crippen LogP contribution in [0.3, 0.4) is 0 Å². The van der Waals surface area contributed by atoms with Gasteiger partial charge in [-0.3, -0.25) is 0 Å². The van der Waals surface area contributed by atoms with Gasteiger partial charge < -0.3 is 4.74 Å². The van der Waals surface area contributed by atoms with Crippen LogP contribution in [0.2, 0.25) is 0 Å². The van der Waals surface area contributed by atoms with Crippen molar-refractivity contribution in [3.8, 4) is 16.3 Å². The molecule has 0 spiro atoms. The molecule has 2 aromatic heterocycles. The van der Waals surface area contributed by atoms with Crippen LogP contribution in [-0.2, 0) is 16.6 Å². The minimum Gasteiger partial charge on any atom is -0.471 e. The highest BCUT2D eigenvalue weighted by atomic mass is 32.2. The first-order chi connectivity index (χ1) is 15.5. The maximum Gasteiger partial charge on any atom is 0.283 e. The van der Waals surface area contributed by atoms with Gasteiger partial charge in [0.25, 0.3) is 10.0 Å². The van der Waals surface area contributed by atoms with Crippen molar-refractivity contribution in [3.05, 3.63) is 102 Å². The van der Waals surface area contributed by atoms with Gasteiger partial charge in [-0.2, -0.15) is 12.5 Å². The van der Waals surface area contributed by atoms with Gasteiger partial charge in [0.15, 0.2) is 0 Å². The van der Waals surface area contributed by atoms with Crippen molar-refractivity contribution >= 4 is 31.4 Å². The van der Waals surface area contributed by atoms with Crippen molar-refractivity contribution in [2.24, 2.45) is 0 Å². The summed E-state index contributed by atoms with van der Waals surface area (Å²) in [6.07, 6.45) is 1.54. The third-order valence-electron chi connectivity index (χ3n) is 5.13. The van der Waals surface area contributed by atoms with Crippen LogP contribution in [0.5, 0.6) is 5.88 Å². The molecule has 0 atom stereocenters. The van der Waals surface area contributed by atoms with Gasteiger partial charge in [0.2, 0.25) is 5.88 Å². The van der Waals surface area contributed by atoms with E-state index in [4.69, 9.17) is 4.74 Å². The fourth-order valence-corrected chi connectivity index (χ4v) is 5.58. The molecule has 0 amide bonds. The highest BCUT2D eigenvalue weighted by molar-refractivity contribution is 7.89. The van der Waals surface area contributed by atoms with Crippen LogP contribution < -0.4 is 4.74 Å². The van der Waals surface area contributed by atoms with Gasteiger partial charge in [-0.15, -0.1) is 16.4 Å². The normalized spacial score (nSPS) is 11.7. The summed E-state index contributed by atoms with van der Waals surface area (Å²) in [6, 6.07) is 26.5. The number of hydrogen-bond acceptors (Lipinski definition) is 5. The number of rotatable bonds is 6. The molecule has 0 radical (unpaired) electrons. The summed E-state index contributed by atoms with van der Waals surface area (Å²) in [5.41, 5.74) is 2.62. The molecule has 5 nitrogen and oxygen atoms in total. The molecule has 0 unspecified atom stereocenters. The van der Waals surface area contributed by atoms with Gasteiger partial charge in [0.05, 0.1) is 16.7 Å². The predicted octanol–water partition coefficient (Wildman–Crippen LogP) is 5.89. The Morgan fingerprint density at radius 2 is 1.66 bits per heavy atom. The van der Waals surface area contributed by atoms with Crippen molar-refractivity contribution in [1.82, 2.24) is 9.19 Å². The summed E-state index contributed by atoms with van der Waals surface area (Å²) in [5.74, 6) is 0.288. The van der Waals surface area contributed by atoms with E-state index in [0.29, 0.717) is 12.2 Å². The lowest BCUT2D eigenvalue weighted by Crippen LogP contribution is -2.13. The molecule has 0 aliphatic heterocycles. The molecule has 0 bridgehead atoms. The molecule has 0 fully saturated rings. The Morgan fingerprint density at radius 1 is 0.938 bits per heavy atom. The Hall–Kier alpha value is -3.42. The zero-order valence-corrected chi connectivity index (χ0v) is 18.9. The van der Waals surface area contributed by atoms with Crippen LogP contribution in [0.15, 0.2) is 96.0 Å². The third-order valence-corrected chi connectivity index (χ3v) is 7.83. The lowest BCUT2D eigenvalue weighted by atomic mass is 10.2.